The molecular formula is C19H36N2. The lowest BCUT2D eigenvalue weighted by molar-refractivity contribution is -0.0184. The first-order valence-corrected chi connectivity index (χ1v) is 9.61. The van der Waals surface area contributed by atoms with Gasteiger partial charge in [0.2, 0.25) is 0 Å². The third-order valence-corrected chi connectivity index (χ3v) is 6.39. The fourth-order valence-corrected chi connectivity index (χ4v) is 5.17. The second kappa shape index (κ2) is 7.00. The highest BCUT2D eigenvalue weighted by molar-refractivity contribution is 4.93. The topological polar surface area (TPSA) is 6.48 Å². The van der Waals surface area contributed by atoms with Crippen molar-refractivity contribution in [3.05, 3.63) is 0 Å². The lowest BCUT2D eigenvalue weighted by Gasteiger charge is -2.51. The molecule has 4 atom stereocenters. The molecule has 0 aromatic carbocycles. The molecule has 0 bridgehead atoms. The van der Waals surface area contributed by atoms with Gasteiger partial charge in [-0.15, -0.1) is 0 Å². The highest BCUT2D eigenvalue weighted by Gasteiger charge is 2.37. The van der Waals surface area contributed by atoms with E-state index in [9.17, 15) is 0 Å². The summed E-state index contributed by atoms with van der Waals surface area (Å²) in [5.74, 6) is 2.75. The Bertz CT molecular complexity index is 328. The molecule has 3 fully saturated rings. The predicted molar refractivity (Wildman–Crippen MR) is 90.5 cm³/mol. The molecule has 2 heteroatoms. The van der Waals surface area contributed by atoms with Crippen LogP contribution in [0, 0.1) is 17.8 Å². The Kier molecular flexibility index (Phi) is 5.27. The highest BCUT2D eigenvalue weighted by atomic mass is 15.3. The molecule has 0 aromatic rings. The third-order valence-electron chi connectivity index (χ3n) is 6.39. The van der Waals surface area contributed by atoms with Crippen molar-refractivity contribution in [2.45, 2.75) is 77.8 Å². The lowest BCUT2D eigenvalue weighted by atomic mass is 9.81. The molecule has 4 unspecified atom stereocenters. The van der Waals surface area contributed by atoms with Crippen molar-refractivity contribution in [3.63, 3.8) is 0 Å². The molecule has 3 aliphatic rings. The maximum absolute atomic E-state index is 2.90. The first-order valence-electron chi connectivity index (χ1n) is 9.61. The minimum absolute atomic E-state index is 0.800. The predicted octanol–water partition coefficient (Wildman–Crippen LogP) is 4.01. The molecule has 1 aliphatic carbocycles. The molecule has 2 aliphatic heterocycles. The van der Waals surface area contributed by atoms with Crippen molar-refractivity contribution in [1.29, 1.82) is 0 Å². The van der Waals surface area contributed by atoms with Crippen LogP contribution in [-0.4, -0.2) is 48.1 Å². The van der Waals surface area contributed by atoms with Crippen molar-refractivity contribution in [1.82, 2.24) is 9.80 Å². The van der Waals surface area contributed by atoms with Crippen LogP contribution in [0.1, 0.15) is 65.7 Å². The number of nitrogens with zero attached hydrogens (tertiary/aromatic N) is 2. The summed E-state index contributed by atoms with van der Waals surface area (Å²) >= 11 is 0. The maximum atomic E-state index is 2.90. The molecule has 2 nitrogen and oxygen atoms in total. The van der Waals surface area contributed by atoms with E-state index in [4.69, 9.17) is 0 Å². The average Bonchev–Trinajstić information content (AvgIpc) is 2.46. The minimum Gasteiger partial charge on any atom is -0.298 e. The van der Waals surface area contributed by atoms with Gasteiger partial charge < -0.3 is 0 Å². The Hall–Kier alpha value is -0.0800. The van der Waals surface area contributed by atoms with Crippen LogP contribution in [0.5, 0.6) is 0 Å². The molecule has 0 radical (unpaired) electrons. The van der Waals surface area contributed by atoms with Crippen LogP contribution in [0.2, 0.25) is 0 Å². The number of hydrogen-bond acceptors (Lipinski definition) is 2. The second-order valence-corrected chi connectivity index (χ2v) is 8.55. The fraction of sp³-hybridized carbons (Fsp3) is 1.00. The van der Waals surface area contributed by atoms with E-state index in [0.29, 0.717) is 0 Å². The molecule has 2 saturated heterocycles. The van der Waals surface area contributed by atoms with Crippen molar-refractivity contribution in [3.8, 4) is 0 Å². The zero-order chi connectivity index (χ0) is 14.8. The molecule has 0 N–H and O–H groups in total. The number of rotatable bonds is 3. The Morgan fingerprint density at radius 1 is 1.00 bits per heavy atom. The van der Waals surface area contributed by atoms with Gasteiger partial charge in [0, 0.05) is 31.7 Å². The average molecular weight is 293 g/mol. The van der Waals surface area contributed by atoms with E-state index in [-0.39, 0.29) is 0 Å². The van der Waals surface area contributed by atoms with Gasteiger partial charge >= 0.3 is 0 Å². The highest BCUT2D eigenvalue weighted by Crippen LogP contribution is 2.32. The van der Waals surface area contributed by atoms with Gasteiger partial charge in [0.15, 0.2) is 0 Å². The van der Waals surface area contributed by atoms with Crippen LogP contribution < -0.4 is 0 Å². The first-order chi connectivity index (χ1) is 10.1. The number of fused-ring (bicyclic) bond motifs is 1. The number of hydrogen-bond donors (Lipinski definition) is 0. The monoisotopic (exact) mass is 292 g/mol. The summed E-state index contributed by atoms with van der Waals surface area (Å²) in [5.41, 5.74) is 0. The van der Waals surface area contributed by atoms with Crippen molar-refractivity contribution < 1.29 is 0 Å². The van der Waals surface area contributed by atoms with Crippen molar-refractivity contribution >= 4 is 0 Å². The molecule has 2 heterocycles. The van der Waals surface area contributed by atoms with Gasteiger partial charge in [-0.25, -0.2) is 0 Å². The summed E-state index contributed by atoms with van der Waals surface area (Å²) in [5, 5.41) is 0. The van der Waals surface area contributed by atoms with Gasteiger partial charge in [-0.05, 0) is 50.0 Å². The Balaban J connectivity index is 1.63. The molecular weight excluding hydrogens is 256 g/mol. The van der Waals surface area contributed by atoms with E-state index >= 15 is 0 Å². The van der Waals surface area contributed by atoms with Gasteiger partial charge in [0.05, 0.1) is 0 Å². The molecule has 0 aromatic heterocycles. The van der Waals surface area contributed by atoms with Crippen LogP contribution in [0.4, 0.5) is 0 Å². The summed E-state index contributed by atoms with van der Waals surface area (Å²) in [4.78, 5) is 5.72. The summed E-state index contributed by atoms with van der Waals surface area (Å²) in [6.45, 7) is 12.8. The summed E-state index contributed by atoms with van der Waals surface area (Å²) in [6.07, 6.45) is 10.3. The van der Waals surface area contributed by atoms with E-state index < -0.39 is 0 Å². The zero-order valence-corrected chi connectivity index (χ0v) is 14.6. The molecule has 21 heavy (non-hydrogen) atoms. The molecule has 1 saturated carbocycles. The van der Waals surface area contributed by atoms with Crippen LogP contribution in [0.3, 0.4) is 0 Å². The largest absolute Gasteiger partial charge is 0.298 e. The molecule has 0 amide bonds. The summed E-state index contributed by atoms with van der Waals surface area (Å²) in [7, 11) is 0. The Morgan fingerprint density at radius 2 is 1.86 bits per heavy atom. The lowest BCUT2D eigenvalue weighted by Crippen LogP contribution is -2.61. The smallest absolute Gasteiger partial charge is 0.0247 e. The van der Waals surface area contributed by atoms with Crippen LogP contribution in [0.15, 0.2) is 0 Å². The summed E-state index contributed by atoms with van der Waals surface area (Å²) in [6, 6.07) is 1.67. The quantitative estimate of drug-likeness (QED) is 0.775. The van der Waals surface area contributed by atoms with E-state index in [2.05, 4.69) is 30.6 Å². The SMILES string of the molecule is CC1CCCC(CN2CC3CCCCN3CC2C(C)C)C1. The van der Waals surface area contributed by atoms with Gasteiger partial charge in [-0.3, -0.25) is 9.80 Å². The maximum Gasteiger partial charge on any atom is 0.0247 e. The Labute approximate surface area is 132 Å². The standard InChI is InChI=1S/C19H36N2/c1-15(2)19-14-20-10-5-4-9-18(20)13-21(19)12-17-8-6-7-16(3)11-17/h15-19H,4-14H2,1-3H3. The van der Waals surface area contributed by atoms with Crippen LogP contribution in [-0.2, 0) is 0 Å². The van der Waals surface area contributed by atoms with E-state index in [1.54, 1.807) is 0 Å². The van der Waals surface area contributed by atoms with Gasteiger partial charge in [0.1, 0.15) is 0 Å². The van der Waals surface area contributed by atoms with Crippen LogP contribution in [0.25, 0.3) is 0 Å². The van der Waals surface area contributed by atoms with Gasteiger partial charge in [-0.1, -0.05) is 40.0 Å². The zero-order valence-electron chi connectivity index (χ0n) is 14.6. The van der Waals surface area contributed by atoms with E-state index in [1.807, 2.05) is 0 Å². The van der Waals surface area contributed by atoms with Gasteiger partial charge in [0.25, 0.3) is 0 Å². The summed E-state index contributed by atoms with van der Waals surface area (Å²) < 4.78 is 0. The second-order valence-electron chi connectivity index (χ2n) is 8.55. The van der Waals surface area contributed by atoms with E-state index in [0.717, 1.165) is 29.8 Å². The third kappa shape index (κ3) is 3.82. The van der Waals surface area contributed by atoms with Gasteiger partial charge in [-0.2, -0.15) is 0 Å². The fourth-order valence-electron chi connectivity index (χ4n) is 5.17. The van der Waals surface area contributed by atoms with Crippen molar-refractivity contribution in [2.24, 2.45) is 17.8 Å². The number of piperidine rings is 1. The van der Waals surface area contributed by atoms with E-state index in [1.165, 1.54) is 71.1 Å². The van der Waals surface area contributed by atoms with Crippen LogP contribution >= 0.6 is 0 Å². The first kappa shape index (κ1) is 15.8. The normalized spacial score (nSPS) is 39.4. The molecule has 122 valence electrons. The minimum atomic E-state index is 0.800. The molecule has 0 spiro atoms. The van der Waals surface area contributed by atoms with Crippen molar-refractivity contribution in [2.75, 3.05) is 26.2 Å². The number of piperazine rings is 1. The Morgan fingerprint density at radius 3 is 2.62 bits per heavy atom. The molecule has 3 rings (SSSR count).